The lowest BCUT2D eigenvalue weighted by Crippen LogP contribution is -2.29. The Labute approximate surface area is 95.6 Å². The van der Waals surface area contributed by atoms with Crippen LogP contribution >= 0.6 is 0 Å². The molecule has 1 aromatic carbocycles. The highest BCUT2D eigenvalue weighted by Crippen LogP contribution is 2.34. The van der Waals surface area contributed by atoms with Crippen LogP contribution in [-0.4, -0.2) is 36.8 Å². The molecule has 0 amide bonds. The number of hydrogen-bond donors (Lipinski definition) is 2. The van der Waals surface area contributed by atoms with E-state index in [1.807, 2.05) is 12.1 Å². The molecular formula is C12H18N2O2. The van der Waals surface area contributed by atoms with Crippen LogP contribution in [0.5, 0.6) is 11.5 Å². The van der Waals surface area contributed by atoms with Crippen LogP contribution in [0.2, 0.25) is 0 Å². The zero-order valence-electron chi connectivity index (χ0n) is 9.68. The highest BCUT2D eigenvalue weighted by Gasteiger charge is 2.30. The van der Waals surface area contributed by atoms with Crippen LogP contribution in [-0.2, 0) is 0 Å². The predicted octanol–water partition coefficient (Wildman–Crippen LogP) is 1.10. The van der Waals surface area contributed by atoms with Gasteiger partial charge in [-0.3, -0.25) is 4.90 Å². The highest BCUT2D eigenvalue weighted by atomic mass is 16.5. The Morgan fingerprint density at radius 1 is 1.50 bits per heavy atom. The Morgan fingerprint density at radius 3 is 2.81 bits per heavy atom. The maximum absolute atomic E-state index is 9.54. The van der Waals surface area contributed by atoms with Gasteiger partial charge in [-0.05, 0) is 31.2 Å². The number of aromatic hydroxyl groups is 1. The van der Waals surface area contributed by atoms with Crippen molar-refractivity contribution in [1.82, 2.24) is 4.90 Å². The maximum Gasteiger partial charge on any atom is 0.160 e. The summed E-state index contributed by atoms with van der Waals surface area (Å²) in [6.45, 7) is 1.01. The average molecular weight is 222 g/mol. The third-order valence-electron chi connectivity index (χ3n) is 3.24. The SMILES string of the molecule is COc1cc(C2C(N)CCN2C)ccc1O. The van der Waals surface area contributed by atoms with Gasteiger partial charge in [0.25, 0.3) is 0 Å². The fourth-order valence-corrected chi connectivity index (χ4v) is 2.36. The number of likely N-dealkylation sites (tertiary alicyclic amines) is 1. The lowest BCUT2D eigenvalue weighted by molar-refractivity contribution is 0.302. The summed E-state index contributed by atoms with van der Waals surface area (Å²) in [6.07, 6.45) is 1.00. The Bertz CT molecular complexity index is 371. The van der Waals surface area contributed by atoms with E-state index in [9.17, 15) is 5.11 Å². The van der Waals surface area contributed by atoms with Crippen molar-refractivity contribution < 1.29 is 9.84 Å². The van der Waals surface area contributed by atoms with Gasteiger partial charge in [0.05, 0.1) is 7.11 Å². The van der Waals surface area contributed by atoms with E-state index in [-0.39, 0.29) is 17.8 Å². The molecule has 2 atom stereocenters. The minimum absolute atomic E-state index is 0.152. The minimum Gasteiger partial charge on any atom is -0.504 e. The molecule has 1 aliphatic heterocycles. The van der Waals surface area contributed by atoms with E-state index in [2.05, 4.69) is 11.9 Å². The molecule has 2 unspecified atom stereocenters. The molecule has 4 nitrogen and oxygen atoms in total. The van der Waals surface area contributed by atoms with Gasteiger partial charge in [-0.15, -0.1) is 0 Å². The first-order chi connectivity index (χ1) is 7.63. The van der Waals surface area contributed by atoms with Crippen molar-refractivity contribution in [3.8, 4) is 11.5 Å². The summed E-state index contributed by atoms with van der Waals surface area (Å²) in [5.41, 5.74) is 7.19. The van der Waals surface area contributed by atoms with Crippen LogP contribution in [0.15, 0.2) is 18.2 Å². The summed E-state index contributed by atoms with van der Waals surface area (Å²) in [4.78, 5) is 2.23. The molecule has 0 bridgehead atoms. The zero-order valence-corrected chi connectivity index (χ0v) is 9.68. The molecule has 1 aromatic rings. The largest absolute Gasteiger partial charge is 0.504 e. The molecule has 4 heteroatoms. The quantitative estimate of drug-likeness (QED) is 0.787. The van der Waals surface area contributed by atoms with E-state index >= 15 is 0 Å². The van der Waals surface area contributed by atoms with Crippen LogP contribution < -0.4 is 10.5 Å². The van der Waals surface area contributed by atoms with Crippen LogP contribution in [0.3, 0.4) is 0 Å². The van der Waals surface area contributed by atoms with Crippen molar-refractivity contribution in [2.75, 3.05) is 20.7 Å². The summed E-state index contributed by atoms with van der Waals surface area (Å²) in [7, 11) is 3.62. The van der Waals surface area contributed by atoms with Crippen molar-refractivity contribution in [2.24, 2.45) is 5.73 Å². The Hall–Kier alpha value is -1.26. The van der Waals surface area contributed by atoms with E-state index in [0.29, 0.717) is 5.75 Å². The van der Waals surface area contributed by atoms with E-state index in [4.69, 9.17) is 10.5 Å². The first kappa shape index (κ1) is 11.2. The highest BCUT2D eigenvalue weighted by molar-refractivity contribution is 5.43. The van der Waals surface area contributed by atoms with Gasteiger partial charge >= 0.3 is 0 Å². The second-order valence-corrected chi connectivity index (χ2v) is 4.31. The number of phenols is 1. The molecule has 0 aliphatic carbocycles. The van der Waals surface area contributed by atoms with E-state index < -0.39 is 0 Å². The molecule has 1 fully saturated rings. The molecule has 0 radical (unpaired) electrons. The van der Waals surface area contributed by atoms with Crippen LogP contribution in [0, 0.1) is 0 Å². The van der Waals surface area contributed by atoms with Crippen molar-refractivity contribution in [3.63, 3.8) is 0 Å². The van der Waals surface area contributed by atoms with E-state index in [0.717, 1.165) is 18.5 Å². The van der Waals surface area contributed by atoms with Crippen LogP contribution in [0.1, 0.15) is 18.0 Å². The number of benzene rings is 1. The van der Waals surface area contributed by atoms with Gasteiger partial charge < -0.3 is 15.6 Å². The smallest absolute Gasteiger partial charge is 0.160 e. The first-order valence-electron chi connectivity index (χ1n) is 5.46. The molecular weight excluding hydrogens is 204 g/mol. The number of phenolic OH excluding ortho intramolecular Hbond substituents is 1. The minimum atomic E-state index is 0.152. The van der Waals surface area contributed by atoms with Crippen molar-refractivity contribution in [1.29, 1.82) is 0 Å². The van der Waals surface area contributed by atoms with Gasteiger partial charge in [-0.25, -0.2) is 0 Å². The summed E-state index contributed by atoms with van der Waals surface area (Å²) >= 11 is 0. The monoisotopic (exact) mass is 222 g/mol. The van der Waals surface area contributed by atoms with Gasteiger partial charge in [-0.2, -0.15) is 0 Å². The predicted molar refractivity (Wildman–Crippen MR) is 62.6 cm³/mol. The van der Waals surface area contributed by atoms with E-state index in [1.54, 1.807) is 13.2 Å². The Balaban J connectivity index is 2.33. The fraction of sp³-hybridized carbons (Fsp3) is 0.500. The van der Waals surface area contributed by atoms with Gasteiger partial charge in [0, 0.05) is 18.6 Å². The molecule has 88 valence electrons. The average Bonchev–Trinajstić information content (AvgIpc) is 2.60. The zero-order chi connectivity index (χ0) is 11.7. The lowest BCUT2D eigenvalue weighted by Gasteiger charge is -2.23. The molecule has 3 N–H and O–H groups in total. The van der Waals surface area contributed by atoms with Crippen molar-refractivity contribution in [3.05, 3.63) is 23.8 Å². The summed E-state index contributed by atoms with van der Waals surface area (Å²) in [5, 5.41) is 9.54. The number of methoxy groups -OCH3 is 1. The second-order valence-electron chi connectivity index (χ2n) is 4.31. The Morgan fingerprint density at radius 2 is 2.25 bits per heavy atom. The molecule has 0 spiro atoms. The number of hydrogen-bond acceptors (Lipinski definition) is 4. The molecule has 16 heavy (non-hydrogen) atoms. The van der Waals surface area contributed by atoms with Crippen molar-refractivity contribution >= 4 is 0 Å². The van der Waals surface area contributed by atoms with Gasteiger partial charge in [0.2, 0.25) is 0 Å². The van der Waals surface area contributed by atoms with Gasteiger partial charge in [-0.1, -0.05) is 6.07 Å². The van der Waals surface area contributed by atoms with Crippen LogP contribution in [0.25, 0.3) is 0 Å². The number of nitrogens with zero attached hydrogens (tertiary/aromatic N) is 1. The number of nitrogens with two attached hydrogens (primary N) is 1. The fourth-order valence-electron chi connectivity index (χ4n) is 2.36. The molecule has 1 heterocycles. The third-order valence-corrected chi connectivity index (χ3v) is 3.24. The summed E-state index contributed by atoms with van der Waals surface area (Å²) in [6, 6.07) is 5.80. The van der Waals surface area contributed by atoms with Crippen LogP contribution in [0.4, 0.5) is 0 Å². The molecule has 0 saturated carbocycles. The van der Waals surface area contributed by atoms with E-state index in [1.165, 1.54) is 0 Å². The lowest BCUT2D eigenvalue weighted by atomic mass is 10.0. The number of likely N-dealkylation sites (N-methyl/N-ethyl adjacent to an activating group) is 1. The Kier molecular flexibility index (Phi) is 3.03. The molecule has 1 aliphatic rings. The van der Waals surface area contributed by atoms with Gasteiger partial charge in [0.1, 0.15) is 0 Å². The second kappa shape index (κ2) is 4.31. The first-order valence-corrected chi connectivity index (χ1v) is 5.46. The number of ether oxygens (including phenoxy) is 1. The van der Waals surface area contributed by atoms with Gasteiger partial charge in [0.15, 0.2) is 11.5 Å². The van der Waals surface area contributed by atoms with Crippen molar-refractivity contribution in [2.45, 2.75) is 18.5 Å². The topological polar surface area (TPSA) is 58.7 Å². The summed E-state index contributed by atoms with van der Waals surface area (Å²) in [5.74, 6) is 0.672. The standard InChI is InChI=1S/C12H18N2O2/c1-14-6-5-9(13)12(14)8-3-4-10(15)11(7-8)16-2/h3-4,7,9,12,15H,5-6,13H2,1-2H3. The molecule has 0 aromatic heterocycles. The third kappa shape index (κ3) is 1.86. The summed E-state index contributed by atoms with van der Waals surface area (Å²) < 4.78 is 5.11. The molecule has 2 rings (SSSR count). The normalized spacial score (nSPS) is 25.9. The number of rotatable bonds is 2. The maximum atomic E-state index is 9.54. The molecule has 1 saturated heterocycles.